The number of hydrogen-bond acceptors (Lipinski definition) is 8. The van der Waals surface area contributed by atoms with Gasteiger partial charge in [-0.15, -0.1) is 14.5 Å². The maximum atomic E-state index is 12.4. The molecule has 0 unspecified atom stereocenters. The molecule has 3 saturated heterocycles. The Morgan fingerprint density at radius 1 is 1.25 bits per heavy atom. The average Bonchev–Trinajstić information content (AvgIpc) is 3.24. The molecular weight excluding hydrogens is 342 g/mol. The van der Waals surface area contributed by atoms with Gasteiger partial charge in [0, 0.05) is 13.1 Å². The van der Waals surface area contributed by atoms with Crippen molar-refractivity contribution in [1.82, 2.24) is 25.5 Å². The van der Waals surface area contributed by atoms with Crippen LogP contribution in [0.1, 0.15) is 43.0 Å². The smallest absolute Gasteiger partial charge is 0.418 e. The summed E-state index contributed by atoms with van der Waals surface area (Å²) in [6.45, 7) is 1.97. The number of hydrogen-bond donors (Lipinski definition) is 2. The highest BCUT2D eigenvalue weighted by Gasteiger charge is 2.49. The van der Waals surface area contributed by atoms with Crippen LogP contribution < -0.4 is 5.32 Å². The zero-order chi connectivity index (χ0) is 16.9. The van der Waals surface area contributed by atoms with E-state index < -0.39 is 28.5 Å². The Kier molecular flexibility index (Phi) is 3.71. The quantitative estimate of drug-likeness (QED) is 0.701. The highest BCUT2D eigenvalue weighted by Crippen LogP contribution is 2.38. The van der Waals surface area contributed by atoms with Crippen LogP contribution in [0.25, 0.3) is 0 Å². The van der Waals surface area contributed by atoms with Crippen LogP contribution in [0, 0.1) is 0 Å². The van der Waals surface area contributed by atoms with E-state index in [1.54, 1.807) is 0 Å². The number of urea groups is 1. The van der Waals surface area contributed by atoms with Crippen molar-refractivity contribution in [2.24, 2.45) is 0 Å². The summed E-state index contributed by atoms with van der Waals surface area (Å²) in [6, 6.07) is -1.49. The number of hydroxylamine groups is 2. The Balaban J connectivity index is 1.53. The van der Waals surface area contributed by atoms with E-state index in [9.17, 15) is 13.2 Å². The molecule has 2 amide bonds. The number of piperidine rings is 1. The van der Waals surface area contributed by atoms with Gasteiger partial charge < -0.3 is 14.6 Å². The fourth-order valence-electron chi connectivity index (χ4n) is 3.50. The van der Waals surface area contributed by atoms with Crippen LogP contribution >= 0.6 is 0 Å². The molecular formula is C12H17N5O6S. The van der Waals surface area contributed by atoms with Gasteiger partial charge in [0.1, 0.15) is 6.04 Å². The first-order chi connectivity index (χ1) is 11.4. The highest BCUT2D eigenvalue weighted by molar-refractivity contribution is 7.80. The fourth-order valence-corrected chi connectivity index (χ4v) is 3.89. The van der Waals surface area contributed by atoms with Crippen molar-refractivity contribution in [3.8, 4) is 0 Å². The van der Waals surface area contributed by atoms with Crippen molar-refractivity contribution in [1.29, 1.82) is 0 Å². The summed E-state index contributed by atoms with van der Waals surface area (Å²) < 4.78 is 40.8. The van der Waals surface area contributed by atoms with Crippen molar-refractivity contribution in [3.63, 3.8) is 0 Å². The molecule has 11 nitrogen and oxygen atoms in total. The van der Waals surface area contributed by atoms with Crippen LogP contribution in [-0.2, 0) is 14.7 Å². The number of aromatic nitrogens is 2. The van der Waals surface area contributed by atoms with Gasteiger partial charge in [-0.3, -0.25) is 4.55 Å². The number of rotatable bonds is 4. The van der Waals surface area contributed by atoms with E-state index in [0.29, 0.717) is 29.7 Å². The Bertz CT molecular complexity index is 745. The lowest BCUT2D eigenvalue weighted by Crippen LogP contribution is -2.35. The van der Waals surface area contributed by atoms with Gasteiger partial charge in [0.2, 0.25) is 11.8 Å². The van der Waals surface area contributed by atoms with Crippen molar-refractivity contribution < 1.29 is 26.5 Å². The van der Waals surface area contributed by atoms with Crippen molar-refractivity contribution in [3.05, 3.63) is 11.8 Å². The Labute approximate surface area is 137 Å². The maximum Gasteiger partial charge on any atom is 0.418 e. The summed E-state index contributed by atoms with van der Waals surface area (Å²) >= 11 is 0. The summed E-state index contributed by atoms with van der Waals surface area (Å²) in [4.78, 5) is 13.8. The van der Waals surface area contributed by atoms with Crippen LogP contribution in [0.3, 0.4) is 0 Å². The lowest BCUT2D eigenvalue weighted by Gasteiger charge is -2.27. The van der Waals surface area contributed by atoms with Gasteiger partial charge in [0.15, 0.2) is 0 Å². The summed E-state index contributed by atoms with van der Waals surface area (Å²) in [7, 11) is -4.75. The predicted octanol–water partition coefficient (Wildman–Crippen LogP) is -0.178. The largest absolute Gasteiger partial charge is 0.423 e. The lowest BCUT2D eigenvalue weighted by atomic mass is 10.0. The van der Waals surface area contributed by atoms with Crippen molar-refractivity contribution in [2.45, 2.75) is 37.3 Å². The number of carbonyl (C=O) groups excluding carboxylic acids is 1. The molecule has 4 rings (SSSR count). The summed E-state index contributed by atoms with van der Waals surface area (Å²) in [5, 5.41) is 12.1. The molecule has 1 aromatic rings. The van der Waals surface area contributed by atoms with E-state index in [0.717, 1.165) is 19.5 Å². The first-order valence-corrected chi connectivity index (χ1v) is 9.10. The molecule has 3 aliphatic rings. The van der Waals surface area contributed by atoms with Crippen molar-refractivity contribution in [2.75, 3.05) is 19.6 Å². The minimum atomic E-state index is -4.75. The van der Waals surface area contributed by atoms with E-state index in [1.807, 2.05) is 0 Å². The van der Waals surface area contributed by atoms with Crippen LogP contribution in [0.4, 0.5) is 4.79 Å². The van der Waals surface area contributed by atoms with Gasteiger partial charge in [-0.25, -0.2) is 4.79 Å². The molecule has 2 bridgehead atoms. The average molecular weight is 359 g/mol. The Hall–Kier alpha value is -1.76. The first kappa shape index (κ1) is 15.7. The van der Waals surface area contributed by atoms with Gasteiger partial charge in [-0.05, 0) is 25.8 Å². The molecule has 1 aromatic heterocycles. The number of nitrogens with zero attached hydrogens (tertiary/aromatic N) is 4. The van der Waals surface area contributed by atoms with Gasteiger partial charge in [0.05, 0.1) is 12.0 Å². The van der Waals surface area contributed by atoms with E-state index in [1.165, 1.54) is 4.90 Å². The second-order valence-electron chi connectivity index (χ2n) is 6.18. The molecule has 2 N–H and O–H groups in total. The van der Waals surface area contributed by atoms with E-state index in [4.69, 9.17) is 8.97 Å². The van der Waals surface area contributed by atoms with Crippen LogP contribution in [0.5, 0.6) is 0 Å². The molecule has 4 heterocycles. The number of fused-ring (bicyclic) bond motifs is 2. The molecule has 0 saturated carbocycles. The van der Waals surface area contributed by atoms with Gasteiger partial charge >= 0.3 is 16.4 Å². The molecule has 24 heavy (non-hydrogen) atoms. The van der Waals surface area contributed by atoms with Crippen LogP contribution in [0.15, 0.2) is 4.42 Å². The summed E-state index contributed by atoms with van der Waals surface area (Å²) in [5.74, 6) is 1.07. The Morgan fingerprint density at radius 3 is 2.75 bits per heavy atom. The third-order valence-electron chi connectivity index (χ3n) is 4.65. The van der Waals surface area contributed by atoms with E-state index >= 15 is 0 Å². The fraction of sp³-hybridized carbons (Fsp3) is 0.750. The Morgan fingerprint density at radius 2 is 2.04 bits per heavy atom. The molecule has 0 aliphatic carbocycles. The first-order valence-electron chi connectivity index (χ1n) is 7.73. The third kappa shape index (κ3) is 2.75. The molecule has 3 aliphatic heterocycles. The van der Waals surface area contributed by atoms with Crippen LogP contribution in [-0.4, -0.2) is 64.8 Å². The SMILES string of the molecule is O=C1N2C[C@H](CC[C@H]2c2nnc([C@H]3CCNC3)o2)N1OS(=O)(=O)O. The van der Waals surface area contributed by atoms with E-state index in [2.05, 4.69) is 19.8 Å². The zero-order valence-electron chi connectivity index (χ0n) is 12.7. The molecule has 0 spiro atoms. The normalized spacial score (nSPS) is 30.4. The second kappa shape index (κ2) is 5.65. The minimum Gasteiger partial charge on any atom is -0.423 e. The summed E-state index contributed by atoms with van der Waals surface area (Å²) in [6.07, 6.45) is 1.98. The minimum absolute atomic E-state index is 0.177. The van der Waals surface area contributed by atoms with Gasteiger partial charge in [-0.2, -0.15) is 13.5 Å². The lowest BCUT2D eigenvalue weighted by molar-refractivity contribution is -0.0317. The number of nitrogens with one attached hydrogen (secondary N) is 1. The molecule has 3 atom stereocenters. The topological polar surface area (TPSA) is 138 Å². The molecule has 132 valence electrons. The molecule has 12 heteroatoms. The maximum absolute atomic E-state index is 12.4. The molecule has 0 radical (unpaired) electrons. The second-order valence-corrected chi connectivity index (χ2v) is 7.18. The van der Waals surface area contributed by atoms with Crippen LogP contribution in [0.2, 0.25) is 0 Å². The standard InChI is InChI=1S/C12H17N5O6S/c18-12-16-6-8(17(12)23-24(19,20)21)1-2-9(16)11-15-14-10(22-11)7-3-4-13-5-7/h7-9,13H,1-6H2,(H,19,20,21)/t7-,8-,9-/m0/s1. The predicted molar refractivity (Wildman–Crippen MR) is 76.9 cm³/mol. The molecule has 0 aromatic carbocycles. The van der Waals surface area contributed by atoms with Crippen molar-refractivity contribution >= 4 is 16.4 Å². The van der Waals surface area contributed by atoms with E-state index in [-0.39, 0.29) is 12.5 Å². The zero-order valence-corrected chi connectivity index (χ0v) is 13.5. The number of amides is 2. The third-order valence-corrected chi connectivity index (χ3v) is 5.00. The molecule has 3 fully saturated rings. The summed E-state index contributed by atoms with van der Waals surface area (Å²) in [5.41, 5.74) is 0. The number of carbonyl (C=O) groups is 1. The monoisotopic (exact) mass is 359 g/mol. The van der Waals surface area contributed by atoms with Gasteiger partial charge in [0.25, 0.3) is 0 Å². The highest BCUT2D eigenvalue weighted by atomic mass is 32.3. The van der Waals surface area contributed by atoms with Gasteiger partial charge in [-0.1, -0.05) is 0 Å².